The van der Waals surface area contributed by atoms with Crippen LogP contribution in [-0.2, 0) is 4.79 Å². The van der Waals surface area contributed by atoms with E-state index in [1.807, 2.05) is 0 Å². The topological polar surface area (TPSA) is 32.3 Å². The fraction of sp³-hybridized carbons (Fsp3) is 0.909. The normalized spacial score (nSPS) is 42.1. The summed E-state index contributed by atoms with van der Waals surface area (Å²) in [6.07, 6.45) is 4.92. The zero-order valence-electron chi connectivity index (χ0n) is 8.54. The number of hydrogen-bond acceptors (Lipinski definition) is 2. The second kappa shape index (κ2) is 3.23. The highest BCUT2D eigenvalue weighted by Gasteiger charge is 2.43. The van der Waals surface area contributed by atoms with Crippen LogP contribution in [0.2, 0.25) is 0 Å². The quantitative estimate of drug-likeness (QED) is 0.612. The molecule has 0 spiro atoms. The van der Waals surface area contributed by atoms with Crippen molar-refractivity contribution in [2.24, 2.45) is 11.8 Å². The van der Waals surface area contributed by atoms with E-state index in [1.165, 1.54) is 19.3 Å². The van der Waals surface area contributed by atoms with E-state index in [2.05, 4.69) is 10.2 Å². The van der Waals surface area contributed by atoms with Crippen LogP contribution in [0.3, 0.4) is 0 Å². The van der Waals surface area contributed by atoms with Gasteiger partial charge in [0.2, 0.25) is 5.91 Å². The van der Waals surface area contributed by atoms with Crippen LogP contribution in [-0.4, -0.2) is 36.5 Å². The van der Waals surface area contributed by atoms with Crippen molar-refractivity contribution in [2.75, 3.05) is 19.6 Å². The highest BCUT2D eigenvalue weighted by Crippen LogP contribution is 2.35. The first kappa shape index (κ1) is 8.72. The van der Waals surface area contributed by atoms with Crippen LogP contribution in [0.25, 0.3) is 0 Å². The molecule has 0 unspecified atom stereocenters. The molecule has 3 heterocycles. The molecule has 3 aliphatic rings. The van der Waals surface area contributed by atoms with Crippen LogP contribution in [0, 0.1) is 11.8 Å². The van der Waals surface area contributed by atoms with Crippen molar-refractivity contribution in [2.45, 2.75) is 31.7 Å². The first-order valence-electron chi connectivity index (χ1n) is 5.87. The van der Waals surface area contributed by atoms with Gasteiger partial charge in [0.05, 0.1) is 5.92 Å². The maximum Gasteiger partial charge on any atom is 0.227 e. The van der Waals surface area contributed by atoms with Crippen molar-refractivity contribution in [1.29, 1.82) is 0 Å². The maximum absolute atomic E-state index is 12.1. The molecule has 78 valence electrons. The number of carbonyl (C=O) groups is 1. The Kier molecular flexibility index (Phi) is 2.01. The first-order valence-corrected chi connectivity index (χ1v) is 5.87. The van der Waals surface area contributed by atoms with E-state index in [-0.39, 0.29) is 0 Å². The Morgan fingerprint density at radius 3 is 3.14 bits per heavy atom. The van der Waals surface area contributed by atoms with E-state index in [0.717, 1.165) is 32.0 Å². The molecular weight excluding hydrogens is 176 g/mol. The predicted molar refractivity (Wildman–Crippen MR) is 53.8 cm³/mol. The highest BCUT2D eigenvalue weighted by atomic mass is 16.2. The first-order chi connectivity index (χ1) is 6.86. The molecule has 0 aliphatic carbocycles. The number of hydrogen-bond donors (Lipinski definition) is 1. The Morgan fingerprint density at radius 2 is 2.21 bits per heavy atom. The molecule has 3 fully saturated rings. The van der Waals surface area contributed by atoms with Gasteiger partial charge < -0.3 is 10.2 Å². The summed E-state index contributed by atoms with van der Waals surface area (Å²) < 4.78 is 0. The van der Waals surface area contributed by atoms with Gasteiger partial charge in [-0.15, -0.1) is 0 Å². The van der Waals surface area contributed by atoms with Crippen LogP contribution < -0.4 is 5.32 Å². The Bertz CT molecular complexity index is 254. The van der Waals surface area contributed by atoms with Crippen molar-refractivity contribution in [3.8, 4) is 0 Å². The van der Waals surface area contributed by atoms with Crippen LogP contribution in [0.5, 0.6) is 0 Å². The van der Waals surface area contributed by atoms with E-state index in [4.69, 9.17) is 0 Å². The average Bonchev–Trinajstić information content (AvgIpc) is 2.27. The summed E-state index contributed by atoms with van der Waals surface area (Å²) in [7, 11) is 0. The number of nitrogens with zero attached hydrogens (tertiary/aromatic N) is 1. The number of rotatable bonds is 0. The molecular formula is C11H18N2O. The van der Waals surface area contributed by atoms with Crippen molar-refractivity contribution >= 4 is 5.91 Å². The van der Waals surface area contributed by atoms with E-state index in [0.29, 0.717) is 17.9 Å². The van der Waals surface area contributed by atoms with Crippen molar-refractivity contribution in [3.05, 3.63) is 0 Å². The van der Waals surface area contributed by atoms with Gasteiger partial charge in [-0.25, -0.2) is 0 Å². The van der Waals surface area contributed by atoms with E-state index < -0.39 is 0 Å². The lowest BCUT2D eigenvalue weighted by Gasteiger charge is -2.49. The number of nitrogens with one attached hydrogen (secondary N) is 1. The average molecular weight is 194 g/mol. The molecule has 2 bridgehead atoms. The third kappa shape index (κ3) is 1.18. The third-order valence-corrected chi connectivity index (χ3v) is 4.11. The van der Waals surface area contributed by atoms with Crippen molar-refractivity contribution in [1.82, 2.24) is 10.2 Å². The smallest absolute Gasteiger partial charge is 0.227 e. The van der Waals surface area contributed by atoms with E-state index in [9.17, 15) is 4.79 Å². The number of amides is 1. The van der Waals surface area contributed by atoms with Gasteiger partial charge in [0.25, 0.3) is 0 Å². The van der Waals surface area contributed by atoms with Crippen molar-refractivity contribution < 1.29 is 4.79 Å². The summed E-state index contributed by atoms with van der Waals surface area (Å²) in [5.41, 5.74) is 0. The Hall–Kier alpha value is -0.570. The van der Waals surface area contributed by atoms with Crippen LogP contribution in [0.15, 0.2) is 0 Å². The van der Waals surface area contributed by atoms with E-state index >= 15 is 0 Å². The summed E-state index contributed by atoms with van der Waals surface area (Å²) in [4.78, 5) is 14.2. The third-order valence-electron chi connectivity index (χ3n) is 4.11. The van der Waals surface area contributed by atoms with Gasteiger partial charge in [-0.3, -0.25) is 4.79 Å². The molecule has 14 heavy (non-hydrogen) atoms. The zero-order chi connectivity index (χ0) is 9.54. The SMILES string of the molecule is O=C1[C@H]2CNC[C@H](C2)[C@H]2CCCCN12. The van der Waals surface area contributed by atoms with Crippen molar-refractivity contribution in [3.63, 3.8) is 0 Å². The predicted octanol–water partition coefficient (Wildman–Crippen LogP) is 0.607. The lowest BCUT2D eigenvalue weighted by molar-refractivity contribution is -0.148. The van der Waals surface area contributed by atoms with Crippen LogP contribution in [0.1, 0.15) is 25.7 Å². The molecule has 3 atom stereocenters. The fourth-order valence-corrected chi connectivity index (χ4v) is 3.41. The largest absolute Gasteiger partial charge is 0.339 e. The lowest BCUT2D eigenvalue weighted by Crippen LogP contribution is -2.60. The summed E-state index contributed by atoms with van der Waals surface area (Å²) in [6, 6.07) is 0.570. The summed E-state index contributed by atoms with van der Waals surface area (Å²) in [5.74, 6) is 1.47. The minimum absolute atomic E-state index is 0.295. The Morgan fingerprint density at radius 1 is 1.29 bits per heavy atom. The number of carbonyl (C=O) groups excluding carboxylic acids is 1. The molecule has 0 aromatic carbocycles. The summed E-state index contributed by atoms with van der Waals surface area (Å²) in [5, 5.41) is 3.40. The zero-order valence-corrected chi connectivity index (χ0v) is 8.54. The maximum atomic E-state index is 12.1. The van der Waals surface area contributed by atoms with Gasteiger partial charge in [0.1, 0.15) is 0 Å². The minimum atomic E-state index is 0.295. The van der Waals surface area contributed by atoms with Gasteiger partial charge in [0, 0.05) is 19.1 Å². The van der Waals surface area contributed by atoms with Crippen LogP contribution >= 0.6 is 0 Å². The molecule has 3 rings (SSSR count). The summed E-state index contributed by atoms with van der Waals surface area (Å²) in [6.45, 7) is 3.07. The molecule has 3 aliphatic heterocycles. The standard InChI is InChI=1S/C11H18N2O/c14-11-9-5-8(6-12-7-9)10-3-1-2-4-13(10)11/h8-10,12H,1-7H2/t8-,9+,10+/m0/s1. The van der Waals surface area contributed by atoms with Gasteiger partial charge >= 0.3 is 0 Å². The second-order valence-electron chi connectivity index (χ2n) is 4.95. The molecule has 1 amide bonds. The molecule has 3 saturated heterocycles. The number of fused-ring (bicyclic) bond motifs is 4. The Balaban J connectivity index is 1.86. The summed E-state index contributed by atoms with van der Waals surface area (Å²) >= 11 is 0. The van der Waals surface area contributed by atoms with Gasteiger partial charge in [-0.1, -0.05) is 0 Å². The molecule has 0 aromatic rings. The Labute approximate surface area is 84.8 Å². The molecule has 0 radical (unpaired) electrons. The molecule has 1 N–H and O–H groups in total. The minimum Gasteiger partial charge on any atom is -0.339 e. The fourth-order valence-electron chi connectivity index (χ4n) is 3.41. The van der Waals surface area contributed by atoms with Gasteiger partial charge in [-0.05, 0) is 38.1 Å². The van der Waals surface area contributed by atoms with Gasteiger partial charge in [-0.2, -0.15) is 0 Å². The van der Waals surface area contributed by atoms with Gasteiger partial charge in [0.15, 0.2) is 0 Å². The molecule has 0 aromatic heterocycles. The molecule has 0 saturated carbocycles. The number of piperidine rings is 3. The molecule has 3 heteroatoms. The van der Waals surface area contributed by atoms with E-state index in [1.54, 1.807) is 0 Å². The monoisotopic (exact) mass is 194 g/mol. The highest BCUT2D eigenvalue weighted by molar-refractivity contribution is 5.80. The molecule has 3 nitrogen and oxygen atoms in total. The second-order valence-corrected chi connectivity index (χ2v) is 4.95. The lowest BCUT2D eigenvalue weighted by atomic mass is 9.76. The van der Waals surface area contributed by atoms with Crippen LogP contribution in [0.4, 0.5) is 0 Å².